The summed E-state index contributed by atoms with van der Waals surface area (Å²) in [7, 11) is 0. The first-order chi connectivity index (χ1) is 12.6. The van der Waals surface area contributed by atoms with Crippen LogP contribution in [0.5, 0.6) is 0 Å². The molecule has 5 N–H and O–H groups in total. The van der Waals surface area contributed by atoms with Crippen molar-refractivity contribution in [2.75, 3.05) is 5.43 Å². The predicted octanol–water partition coefficient (Wildman–Crippen LogP) is 1.92. The van der Waals surface area contributed by atoms with Crippen LogP contribution in [0, 0.1) is 4.91 Å². The fourth-order valence-corrected chi connectivity index (χ4v) is 2.10. The molecule has 2 aromatic carbocycles. The van der Waals surface area contributed by atoms with Gasteiger partial charge < -0.3 is 20.4 Å². The van der Waals surface area contributed by atoms with E-state index < -0.39 is 51.8 Å². The van der Waals surface area contributed by atoms with Crippen LogP contribution in [0.2, 0.25) is 0 Å². The van der Waals surface area contributed by atoms with Crippen molar-refractivity contribution in [2.45, 2.75) is 0 Å². The van der Waals surface area contributed by atoms with Gasteiger partial charge >= 0.3 is 23.9 Å². The number of nitrogens with one attached hydrogen (secondary N) is 1. The van der Waals surface area contributed by atoms with Crippen molar-refractivity contribution in [2.24, 2.45) is 0 Å². The van der Waals surface area contributed by atoms with Crippen LogP contribution in [0.25, 0.3) is 0 Å². The fourth-order valence-electron chi connectivity index (χ4n) is 2.10. The molecule has 0 aromatic heterocycles. The Kier molecular flexibility index (Phi) is 5.16. The fraction of sp³-hybridized carbons (Fsp3) is 0. The van der Waals surface area contributed by atoms with Gasteiger partial charge in [-0.05, 0) is 24.3 Å². The van der Waals surface area contributed by atoms with E-state index in [1.807, 2.05) is 0 Å². The number of nitroso groups, excluding NO2 is 1. The number of nitrogens with zero attached hydrogens (tertiary/aromatic N) is 1. The maximum Gasteiger partial charge on any atom is 0.335 e. The minimum Gasteiger partial charge on any atom is -0.478 e. The molecule has 0 spiro atoms. The summed E-state index contributed by atoms with van der Waals surface area (Å²) in [5.41, 5.74) is -0.193. The van der Waals surface area contributed by atoms with Crippen LogP contribution in [0.4, 0.5) is 11.4 Å². The molecule has 0 saturated carbocycles. The Morgan fingerprint density at radius 3 is 1.30 bits per heavy atom. The highest BCUT2D eigenvalue weighted by Crippen LogP contribution is 2.21. The number of hydrogen-bond acceptors (Lipinski definition) is 5. The molecule has 0 unspecified atom stereocenters. The van der Waals surface area contributed by atoms with Crippen LogP contribution < -0.4 is 5.43 Å². The Morgan fingerprint density at radius 2 is 0.963 bits per heavy atom. The zero-order chi connectivity index (χ0) is 20.3. The number of anilines is 1. The van der Waals surface area contributed by atoms with Crippen LogP contribution in [-0.4, -0.2) is 49.2 Å². The highest BCUT2D eigenvalue weighted by atomic mass is 16.4. The van der Waals surface area contributed by atoms with Gasteiger partial charge in [-0.2, -0.15) is 0 Å². The lowest BCUT2D eigenvalue weighted by atomic mass is 10.1. The SMILES string of the molecule is O=C(O)c1cc(N[N+](=O)c2cc(C(=O)O)cc(C(=O)O)c2)cc(C(=O)O)c1. The summed E-state index contributed by atoms with van der Waals surface area (Å²) in [6, 6.07) is 5.51. The zero-order valence-corrected chi connectivity index (χ0v) is 13.2. The third kappa shape index (κ3) is 4.42. The van der Waals surface area contributed by atoms with E-state index >= 15 is 0 Å². The van der Waals surface area contributed by atoms with Gasteiger partial charge in [-0.15, -0.1) is 5.43 Å². The Labute approximate surface area is 149 Å². The summed E-state index contributed by atoms with van der Waals surface area (Å²) >= 11 is 0. The third-order valence-electron chi connectivity index (χ3n) is 3.30. The molecule has 0 aliphatic rings. The number of carbonyl (C=O) groups is 4. The smallest absolute Gasteiger partial charge is 0.335 e. The van der Waals surface area contributed by atoms with Gasteiger partial charge in [0.2, 0.25) is 0 Å². The lowest BCUT2D eigenvalue weighted by Crippen LogP contribution is -2.14. The van der Waals surface area contributed by atoms with E-state index in [1.165, 1.54) is 0 Å². The van der Waals surface area contributed by atoms with Gasteiger partial charge in [0.25, 0.3) is 5.69 Å². The van der Waals surface area contributed by atoms with E-state index in [0.717, 1.165) is 36.4 Å². The minimum atomic E-state index is -1.46. The van der Waals surface area contributed by atoms with Crippen molar-refractivity contribution >= 4 is 35.3 Å². The molecule has 138 valence electrons. The Balaban J connectivity index is 2.45. The van der Waals surface area contributed by atoms with Crippen molar-refractivity contribution in [3.63, 3.8) is 0 Å². The predicted molar refractivity (Wildman–Crippen MR) is 87.6 cm³/mol. The number of hydrogen-bond donors (Lipinski definition) is 5. The van der Waals surface area contributed by atoms with Gasteiger partial charge in [0.1, 0.15) is 5.69 Å². The normalized spacial score (nSPS) is 10.1. The lowest BCUT2D eigenvalue weighted by Gasteiger charge is -2.04. The number of carboxylic acids is 4. The average molecular weight is 375 g/mol. The number of hydrazine groups is 1. The molecule has 0 heterocycles. The summed E-state index contributed by atoms with van der Waals surface area (Å²) in [6.45, 7) is 0. The number of carboxylic acid groups (broad SMARTS) is 4. The molecule has 11 heteroatoms. The molecule has 2 aromatic rings. The largest absolute Gasteiger partial charge is 0.478 e. The quantitative estimate of drug-likeness (QED) is 0.354. The molecule has 2 rings (SSSR count). The highest BCUT2D eigenvalue weighted by Gasteiger charge is 2.22. The molecule has 0 bridgehead atoms. The Morgan fingerprint density at radius 1 is 0.630 bits per heavy atom. The second kappa shape index (κ2) is 7.31. The first-order valence-corrected chi connectivity index (χ1v) is 7.05. The van der Waals surface area contributed by atoms with E-state index in [1.54, 1.807) is 0 Å². The van der Waals surface area contributed by atoms with Gasteiger partial charge in [0.05, 0.1) is 27.2 Å². The molecule has 0 atom stereocenters. The van der Waals surface area contributed by atoms with Crippen molar-refractivity contribution in [3.8, 4) is 0 Å². The molecular weight excluding hydrogens is 364 g/mol. The standard InChI is InChI=1S/C16H10N2O9/c19-13(20)7-1-8(14(21)22)4-11(3-7)17-18(27)12-5-9(15(23)24)2-10(6-12)16(25)26/h1-6H,(H4-,17,19,20,21,22,23,24,25,26,27)/p+1. The molecule has 0 amide bonds. The monoisotopic (exact) mass is 375 g/mol. The maximum atomic E-state index is 12.3. The topological polar surface area (TPSA) is 181 Å². The van der Waals surface area contributed by atoms with Crippen LogP contribution >= 0.6 is 0 Å². The zero-order valence-electron chi connectivity index (χ0n) is 13.2. The van der Waals surface area contributed by atoms with Gasteiger partial charge in [0.15, 0.2) is 4.87 Å². The molecule has 11 nitrogen and oxygen atoms in total. The summed E-state index contributed by atoms with van der Waals surface area (Å²) in [6.07, 6.45) is 0. The van der Waals surface area contributed by atoms with Gasteiger partial charge in [-0.3, -0.25) is 0 Å². The first kappa shape index (κ1) is 19.1. The third-order valence-corrected chi connectivity index (χ3v) is 3.30. The molecule has 0 aliphatic heterocycles. The minimum absolute atomic E-state index is 0.00846. The van der Waals surface area contributed by atoms with E-state index in [-0.39, 0.29) is 10.6 Å². The summed E-state index contributed by atoms with van der Waals surface area (Å²) in [5, 5.41) is 36.1. The second-order valence-electron chi connectivity index (χ2n) is 5.19. The van der Waals surface area contributed by atoms with Crippen molar-refractivity contribution < 1.29 is 44.5 Å². The molecule has 27 heavy (non-hydrogen) atoms. The number of rotatable bonds is 7. The second-order valence-corrected chi connectivity index (χ2v) is 5.19. The molecular formula is C16H11N2O9+. The van der Waals surface area contributed by atoms with E-state index in [0.29, 0.717) is 0 Å². The van der Waals surface area contributed by atoms with Gasteiger partial charge in [-0.1, -0.05) is 0 Å². The average Bonchev–Trinajstić information content (AvgIpc) is 2.60. The van der Waals surface area contributed by atoms with Crippen molar-refractivity contribution in [1.82, 2.24) is 0 Å². The van der Waals surface area contributed by atoms with Gasteiger partial charge in [0, 0.05) is 12.1 Å². The maximum absolute atomic E-state index is 12.3. The molecule has 0 aliphatic carbocycles. The van der Waals surface area contributed by atoms with Crippen LogP contribution in [0.15, 0.2) is 36.4 Å². The van der Waals surface area contributed by atoms with E-state index in [2.05, 4.69) is 5.43 Å². The van der Waals surface area contributed by atoms with E-state index in [9.17, 15) is 24.1 Å². The molecule has 0 radical (unpaired) electrons. The number of aromatic carboxylic acids is 4. The lowest BCUT2D eigenvalue weighted by molar-refractivity contribution is -0.427. The summed E-state index contributed by atoms with van der Waals surface area (Å²) in [4.78, 5) is 56.6. The molecule has 0 saturated heterocycles. The summed E-state index contributed by atoms with van der Waals surface area (Å²) < 4.78 is 0. The highest BCUT2D eigenvalue weighted by molar-refractivity contribution is 5.96. The van der Waals surface area contributed by atoms with Crippen LogP contribution in [0.1, 0.15) is 41.4 Å². The Bertz CT molecular complexity index is 933. The number of benzene rings is 2. The van der Waals surface area contributed by atoms with Crippen LogP contribution in [0.3, 0.4) is 0 Å². The first-order valence-electron chi connectivity index (χ1n) is 7.05. The summed E-state index contributed by atoms with van der Waals surface area (Å²) in [5.74, 6) is -5.79. The Hall–Kier alpha value is -4.28. The van der Waals surface area contributed by atoms with Crippen molar-refractivity contribution in [1.29, 1.82) is 0 Å². The molecule has 0 fully saturated rings. The van der Waals surface area contributed by atoms with Gasteiger partial charge in [-0.25, -0.2) is 19.2 Å². The van der Waals surface area contributed by atoms with E-state index in [4.69, 9.17) is 20.4 Å². The van der Waals surface area contributed by atoms with Crippen LogP contribution in [-0.2, 0) is 0 Å². The van der Waals surface area contributed by atoms with Crippen molar-refractivity contribution in [3.05, 3.63) is 63.6 Å².